The van der Waals surface area contributed by atoms with Crippen molar-refractivity contribution >= 4 is 41.2 Å². The van der Waals surface area contributed by atoms with Crippen LogP contribution in [0.2, 0.25) is 0 Å². The number of ether oxygens (including phenoxy) is 1. The smallest absolute Gasteiger partial charge is 0.408 e. The summed E-state index contributed by atoms with van der Waals surface area (Å²) in [6.45, 7) is 9.36. The standard InChI is InChI=1S/C21H30N4O4S2/c1-13-8-7-9-15(14(13)2)22-17(26)12-31-20-25-24-18(28-20)16(10-11-30-6)23-19(27)29-21(3,4)5/h7-9,16H,10-12H2,1-6H3,(H,22,26)(H,23,27)/t16-/m1/s1. The number of nitrogens with one attached hydrogen (secondary N) is 2. The summed E-state index contributed by atoms with van der Waals surface area (Å²) in [6.07, 6.45) is 2.05. The topological polar surface area (TPSA) is 106 Å². The fourth-order valence-electron chi connectivity index (χ4n) is 2.56. The molecule has 2 aromatic rings. The van der Waals surface area contributed by atoms with E-state index in [-0.39, 0.29) is 22.8 Å². The van der Waals surface area contributed by atoms with Gasteiger partial charge in [0.25, 0.3) is 5.22 Å². The summed E-state index contributed by atoms with van der Waals surface area (Å²) in [5.41, 5.74) is 2.33. The van der Waals surface area contributed by atoms with Crippen molar-refractivity contribution in [3.63, 3.8) is 0 Å². The lowest BCUT2D eigenvalue weighted by Crippen LogP contribution is -2.35. The summed E-state index contributed by atoms with van der Waals surface area (Å²) in [6, 6.07) is 5.31. The Kier molecular flexibility index (Phi) is 9.24. The maximum atomic E-state index is 12.3. The number of hydrogen-bond donors (Lipinski definition) is 2. The van der Waals surface area contributed by atoms with Crippen LogP contribution in [0.4, 0.5) is 10.5 Å². The number of aryl methyl sites for hydroxylation is 1. The van der Waals surface area contributed by atoms with E-state index in [0.717, 1.165) is 34.3 Å². The summed E-state index contributed by atoms with van der Waals surface area (Å²) in [7, 11) is 0. The average molecular weight is 467 g/mol. The summed E-state index contributed by atoms with van der Waals surface area (Å²) < 4.78 is 11.0. The number of carbonyl (C=O) groups is 2. The highest BCUT2D eigenvalue weighted by molar-refractivity contribution is 7.99. The van der Waals surface area contributed by atoms with Crippen LogP contribution in [-0.4, -0.2) is 45.6 Å². The molecule has 2 rings (SSSR count). The van der Waals surface area contributed by atoms with E-state index in [0.29, 0.717) is 6.42 Å². The van der Waals surface area contributed by atoms with E-state index in [1.165, 1.54) is 0 Å². The van der Waals surface area contributed by atoms with Gasteiger partial charge in [-0.25, -0.2) is 4.79 Å². The highest BCUT2D eigenvalue weighted by Gasteiger charge is 2.24. The number of carbonyl (C=O) groups excluding carboxylic acids is 2. The Bertz CT molecular complexity index is 896. The molecular formula is C21H30N4O4S2. The third kappa shape index (κ3) is 8.45. The molecule has 0 radical (unpaired) electrons. The second-order valence-corrected chi connectivity index (χ2v) is 9.88. The van der Waals surface area contributed by atoms with Crippen molar-refractivity contribution in [2.24, 2.45) is 0 Å². The largest absolute Gasteiger partial charge is 0.444 e. The molecule has 8 nitrogen and oxygen atoms in total. The van der Waals surface area contributed by atoms with Crippen molar-refractivity contribution in [2.75, 3.05) is 23.1 Å². The first-order valence-electron chi connectivity index (χ1n) is 9.89. The Morgan fingerprint density at radius 1 is 1.23 bits per heavy atom. The second-order valence-electron chi connectivity index (χ2n) is 7.97. The van der Waals surface area contributed by atoms with E-state index in [9.17, 15) is 9.59 Å². The lowest BCUT2D eigenvalue weighted by atomic mass is 10.1. The first kappa shape index (κ1) is 25.1. The first-order chi connectivity index (χ1) is 14.6. The Hall–Kier alpha value is -2.20. The number of nitrogens with zero attached hydrogens (tertiary/aromatic N) is 2. The zero-order valence-corrected chi connectivity index (χ0v) is 20.4. The van der Waals surface area contributed by atoms with Crippen LogP contribution in [0.3, 0.4) is 0 Å². The molecule has 2 N–H and O–H groups in total. The van der Waals surface area contributed by atoms with Gasteiger partial charge in [0.05, 0.1) is 5.75 Å². The molecule has 0 fully saturated rings. The van der Waals surface area contributed by atoms with Crippen LogP contribution in [-0.2, 0) is 9.53 Å². The van der Waals surface area contributed by atoms with Crippen LogP contribution >= 0.6 is 23.5 Å². The molecule has 1 atom stereocenters. The van der Waals surface area contributed by atoms with Crippen molar-refractivity contribution in [1.82, 2.24) is 15.5 Å². The summed E-state index contributed by atoms with van der Waals surface area (Å²) in [5, 5.41) is 14.0. The molecule has 31 heavy (non-hydrogen) atoms. The van der Waals surface area contributed by atoms with Gasteiger partial charge in [0, 0.05) is 5.69 Å². The predicted octanol–water partition coefficient (Wildman–Crippen LogP) is 4.74. The van der Waals surface area contributed by atoms with Crippen LogP contribution in [0, 0.1) is 13.8 Å². The van der Waals surface area contributed by atoms with Gasteiger partial charge in [0.2, 0.25) is 11.8 Å². The molecule has 0 saturated heterocycles. The summed E-state index contributed by atoms with van der Waals surface area (Å²) in [4.78, 5) is 24.5. The molecule has 1 aromatic heterocycles. The third-order valence-corrected chi connectivity index (χ3v) is 5.69. The monoisotopic (exact) mass is 466 g/mol. The Labute approximate surface area is 191 Å². The molecular weight excluding hydrogens is 436 g/mol. The number of thioether (sulfide) groups is 2. The van der Waals surface area contributed by atoms with Crippen molar-refractivity contribution in [1.29, 1.82) is 0 Å². The Morgan fingerprint density at radius 3 is 2.65 bits per heavy atom. The summed E-state index contributed by atoms with van der Waals surface area (Å²) >= 11 is 2.80. The van der Waals surface area contributed by atoms with Crippen LogP contribution in [0.15, 0.2) is 27.8 Å². The van der Waals surface area contributed by atoms with Gasteiger partial charge in [0.1, 0.15) is 11.6 Å². The minimum absolute atomic E-state index is 0.129. The van der Waals surface area contributed by atoms with E-state index in [1.54, 1.807) is 32.5 Å². The molecule has 2 amide bonds. The Morgan fingerprint density at radius 2 is 1.97 bits per heavy atom. The highest BCUT2D eigenvalue weighted by Crippen LogP contribution is 2.24. The molecule has 1 heterocycles. The molecule has 0 unspecified atom stereocenters. The number of amides is 2. The minimum Gasteiger partial charge on any atom is -0.444 e. The molecule has 0 saturated carbocycles. The van der Waals surface area contributed by atoms with Gasteiger partial charge in [0.15, 0.2) is 0 Å². The van der Waals surface area contributed by atoms with Gasteiger partial charge < -0.3 is 19.8 Å². The fraction of sp³-hybridized carbons (Fsp3) is 0.524. The van der Waals surface area contributed by atoms with Crippen LogP contribution in [0.5, 0.6) is 0 Å². The van der Waals surface area contributed by atoms with Crippen molar-refractivity contribution in [3.05, 3.63) is 35.2 Å². The van der Waals surface area contributed by atoms with Crippen molar-refractivity contribution in [3.8, 4) is 0 Å². The molecule has 0 aliphatic carbocycles. The van der Waals surface area contributed by atoms with Crippen molar-refractivity contribution in [2.45, 2.75) is 57.9 Å². The fourth-order valence-corrected chi connectivity index (χ4v) is 3.60. The van der Waals surface area contributed by atoms with E-state index in [2.05, 4.69) is 20.8 Å². The summed E-state index contributed by atoms with van der Waals surface area (Å²) in [5.74, 6) is 1.05. The number of alkyl carbamates (subject to hydrolysis) is 1. The van der Waals surface area contributed by atoms with E-state index in [4.69, 9.17) is 9.15 Å². The Balaban J connectivity index is 1.96. The zero-order valence-electron chi connectivity index (χ0n) is 18.8. The van der Waals surface area contributed by atoms with E-state index < -0.39 is 17.7 Å². The van der Waals surface area contributed by atoms with Gasteiger partial charge in [-0.15, -0.1) is 10.2 Å². The van der Waals surface area contributed by atoms with Crippen molar-refractivity contribution < 1.29 is 18.7 Å². The molecule has 0 spiro atoms. The maximum absolute atomic E-state index is 12.3. The maximum Gasteiger partial charge on any atom is 0.408 e. The number of aromatic nitrogens is 2. The third-order valence-electron chi connectivity index (χ3n) is 4.23. The lowest BCUT2D eigenvalue weighted by Gasteiger charge is -2.22. The second kappa shape index (κ2) is 11.4. The van der Waals surface area contributed by atoms with Gasteiger partial charge in [-0.3, -0.25) is 4.79 Å². The number of rotatable bonds is 9. The van der Waals surface area contributed by atoms with Gasteiger partial charge >= 0.3 is 6.09 Å². The molecule has 0 aliphatic rings. The zero-order chi connectivity index (χ0) is 23.0. The quantitative estimate of drug-likeness (QED) is 0.511. The minimum atomic E-state index is -0.604. The van der Waals surface area contributed by atoms with Crippen LogP contribution in [0.25, 0.3) is 0 Å². The number of anilines is 1. The van der Waals surface area contributed by atoms with Gasteiger partial charge in [-0.05, 0) is 70.2 Å². The number of benzene rings is 1. The highest BCUT2D eigenvalue weighted by atomic mass is 32.2. The van der Waals surface area contributed by atoms with Crippen LogP contribution < -0.4 is 10.6 Å². The normalized spacial score (nSPS) is 12.3. The average Bonchev–Trinajstić information content (AvgIpc) is 3.14. The van der Waals surface area contributed by atoms with Gasteiger partial charge in [-0.1, -0.05) is 23.9 Å². The SMILES string of the molecule is CSCC[C@@H](NC(=O)OC(C)(C)C)c1nnc(SCC(=O)Nc2cccc(C)c2C)o1. The predicted molar refractivity (Wildman–Crippen MR) is 125 cm³/mol. The van der Waals surface area contributed by atoms with Crippen LogP contribution in [0.1, 0.15) is 50.3 Å². The van der Waals surface area contributed by atoms with E-state index in [1.807, 2.05) is 38.3 Å². The molecule has 0 bridgehead atoms. The molecule has 1 aromatic carbocycles. The first-order valence-corrected chi connectivity index (χ1v) is 12.3. The van der Waals surface area contributed by atoms with E-state index >= 15 is 0 Å². The van der Waals surface area contributed by atoms with Gasteiger partial charge in [-0.2, -0.15) is 11.8 Å². The lowest BCUT2D eigenvalue weighted by molar-refractivity contribution is -0.113. The molecule has 170 valence electrons. The molecule has 0 aliphatic heterocycles. The number of hydrogen-bond acceptors (Lipinski definition) is 8. The molecule has 10 heteroatoms.